The Morgan fingerprint density at radius 2 is 1.53 bits per heavy atom. The second-order valence-electron chi connectivity index (χ2n) is 4.39. The average Bonchev–Trinajstić information content (AvgIpc) is 2.74. The van der Waals surface area contributed by atoms with Crippen molar-refractivity contribution in [1.82, 2.24) is 4.57 Å². The molecule has 19 heavy (non-hydrogen) atoms. The van der Waals surface area contributed by atoms with E-state index in [-0.39, 0.29) is 0 Å². The highest BCUT2D eigenvalue weighted by atomic mass is 16.4. The first-order valence-electron chi connectivity index (χ1n) is 6.13. The van der Waals surface area contributed by atoms with Crippen LogP contribution >= 0.6 is 0 Å². The number of nitrogens with zero attached hydrogens (tertiary/aromatic N) is 1. The summed E-state index contributed by atoms with van der Waals surface area (Å²) in [4.78, 5) is 10.6. The van der Waals surface area contributed by atoms with Gasteiger partial charge in [-0.15, -0.1) is 0 Å². The third-order valence-electron chi connectivity index (χ3n) is 3.23. The van der Waals surface area contributed by atoms with Gasteiger partial charge in [-0.2, -0.15) is 0 Å². The Bertz CT molecular complexity index is 730. The van der Waals surface area contributed by atoms with Crippen molar-refractivity contribution in [3.8, 4) is 0 Å². The second kappa shape index (κ2) is 4.61. The van der Waals surface area contributed by atoms with E-state index in [1.54, 1.807) is 6.08 Å². The van der Waals surface area contributed by atoms with Gasteiger partial charge in [0.25, 0.3) is 0 Å². The third kappa shape index (κ3) is 1.99. The molecule has 0 aliphatic rings. The maximum Gasteiger partial charge on any atom is 0.328 e. The van der Waals surface area contributed by atoms with E-state index in [0.29, 0.717) is 6.54 Å². The highest BCUT2D eigenvalue weighted by molar-refractivity contribution is 6.07. The number of aromatic nitrogens is 1. The van der Waals surface area contributed by atoms with Crippen LogP contribution in [0.25, 0.3) is 21.8 Å². The zero-order chi connectivity index (χ0) is 13.2. The van der Waals surface area contributed by atoms with Crippen LogP contribution < -0.4 is 0 Å². The van der Waals surface area contributed by atoms with Gasteiger partial charge in [-0.3, -0.25) is 0 Å². The normalized spacial score (nSPS) is 11.6. The van der Waals surface area contributed by atoms with Gasteiger partial charge >= 0.3 is 5.97 Å². The van der Waals surface area contributed by atoms with Gasteiger partial charge in [-0.05, 0) is 12.1 Å². The molecule has 1 N–H and O–H groups in total. The van der Waals surface area contributed by atoms with Crippen LogP contribution in [0.15, 0.2) is 60.7 Å². The largest absolute Gasteiger partial charge is 0.478 e. The van der Waals surface area contributed by atoms with Gasteiger partial charge in [-0.1, -0.05) is 42.5 Å². The molecule has 3 aromatic rings. The maximum atomic E-state index is 10.6. The molecule has 0 fully saturated rings. The number of fused-ring (bicyclic) bond motifs is 3. The standard InChI is InChI=1S/C16H13NO2/c18-16(19)10-5-11-17-14-8-3-1-6-12(14)13-7-2-4-9-15(13)17/h1-10H,11H2,(H,18,19)/b10-5+. The summed E-state index contributed by atoms with van der Waals surface area (Å²) in [6.07, 6.45) is 2.85. The van der Waals surface area contributed by atoms with Gasteiger partial charge in [0.05, 0.1) is 0 Å². The van der Waals surface area contributed by atoms with Crippen LogP contribution in [0.3, 0.4) is 0 Å². The molecule has 0 saturated carbocycles. The number of carboxylic acid groups (broad SMARTS) is 1. The van der Waals surface area contributed by atoms with E-state index in [9.17, 15) is 4.79 Å². The minimum atomic E-state index is -0.916. The van der Waals surface area contributed by atoms with Crippen LogP contribution in [-0.2, 0) is 11.3 Å². The minimum Gasteiger partial charge on any atom is -0.478 e. The number of carboxylic acids is 1. The van der Waals surface area contributed by atoms with Gasteiger partial charge in [0.2, 0.25) is 0 Å². The lowest BCUT2D eigenvalue weighted by Gasteiger charge is -2.02. The number of carbonyl (C=O) groups is 1. The van der Waals surface area contributed by atoms with Crippen LogP contribution in [-0.4, -0.2) is 15.6 Å². The summed E-state index contributed by atoms with van der Waals surface area (Å²) in [5.74, 6) is -0.916. The number of allylic oxidation sites excluding steroid dienone is 1. The quantitative estimate of drug-likeness (QED) is 0.724. The molecule has 3 nitrogen and oxygen atoms in total. The summed E-state index contributed by atoms with van der Waals surface area (Å²) in [5, 5.41) is 11.1. The lowest BCUT2D eigenvalue weighted by Crippen LogP contribution is -1.96. The fraction of sp³-hybridized carbons (Fsp3) is 0.0625. The van der Waals surface area contributed by atoms with Crippen LogP contribution in [0.2, 0.25) is 0 Å². The molecule has 0 atom stereocenters. The Kier molecular flexibility index (Phi) is 2.80. The molecular weight excluding hydrogens is 238 g/mol. The van der Waals surface area contributed by atoms with Crippen LogP contribution in [0.4, 0.5) is 0 Å². The Hall–Kier alpha value is -2.55. The molecule has 1 aromatic heterocycles. The molecular formula is C16H13NO2. The van der Waals surface area contributed by atoms with E-state index in [2.05, 4.69) is 28.8 Å². The molecule has 0 aliphatic heterocycles. The number of benzene rings is 2. The molecule has 1 heterocycles. The lowest BCUT2D eigenvalue weighted by molar-refractivity contribution is -0.131. The van der Waals surface area contributed by atoms with E-state index in [1.807, 2.05) is 24.3 Å². The van der Waals surface area contributed by atoms with Crippen LogP contribution in [0, 0.1) is 0 Å². The molecule has 94 valence electrons. The number of para-hydroxylation sites is 2. The van der Waals surface area contributed by atoms with Crippen LogP contribution in [0.5, 0.6) is 0 Å². The molecule has 0 saturated heterocycles. The highest BCUT2D eigenvalue weighted by Gasteiger charge is 2.07. The Morgan fingerprint density at radius 3 is 2.05 bits per heavy atom. The average molecular weight is 251 g/mol. The van der Waals surface area contributed by atoms with Crippen molar-refractivity contribution >= 4 is 27.8 Å². The first-order chi connectivity index (χ1) is 9.27. The van der Waals surface area contributed by atoms with Crippen molar-refractivity contribution in [2.24, 2.45) is 0 Å². The first-order valence-corrected chi connectivity index (χ1v) is 6.13. The van der Waals surface area contributed by atoms with Gasteiger partial charge in [0.1, 0.15) is 0 Å². The Labute approximate surface area is 110 Å². The topological polar surface area (TPSA) is 42.2 Å². The molecule has 0 unspecified atom stereocenters. The molecule has 0 spiro atoms. The fourth-order valence-electron chi connectivity index (χ4n) is 2.46. The molecule has 0 amide bonds. The second-order valence-corrected chi connectivity index (χ2v) is 4.39. The van der Waals surface area contributed by atoms with Crippen LogP contribution in [0.1, 0.15) is 0 Å². The summed E-state index contributed by atoms with van der Waals surface area (Å²) in [6.45, 7) is 0.556. The molecule has 3 rings (SSSR count). The summed E-state index contributed by atoms with van der Waals surface area (Å²) in [6, 6.07) is 16.3. The summed E-state index contributed by atoms with van der Waals surface area (Å²) in [7, 11) is 0. The smallest absolute Gasteiger partial charge is 0.328 e. The highest BCUT2D eigenvalue weighted by Crippen LogP contribution is 2.28. The summed E-state index contributed by atoms with van der Waals surface area (Å²) in [5.41, 5.74) is 2.25. The van der Waals surface area contributed by atoms with Gasteiger partial charge < -0.3 is 9.67 Å². The third-order valence-corrected chi connectivity index (χ3v) is 3.23. The number of hydrogen-bond acceptors (Lipinski definition) is 1. The molecule has 0 bridgehead atoms. The van der Waals surface area contributed by atoms with Crippen molar-refractivity contribution in [3.63, 3.8) is 0 Å². The van der Waals surface area contributed by atoms with Gasteiger partial charge in [-0.25, -0.2) is 4.79 Å². The van der Waals surface area contributed by atoms with Crippen molar-refractivity contribution in [2.75, 3.05) is 0 Å². The van der Waals surface area contributed by atoms with Crippen molar-refractivity contribution < 1.29 is 9.90 Å². The predicted molar refractivity (Wildman–Crippen MR) is 76.2 cm³/mol. The number of hydrogen-bond donors (Lipinski definition) is 1. The SMILES string of the molecule is O=C(O)/C=C/Cn1c2ccccc2c2ccccc21. The van der Waals surface area contributed by atoms with E-state index in [1.165, 1.54) is 16.8 Å². The van der Waals surface area contributed by atoms with E-state index >= 15 is 0 Å². The molecule has 0 radical (unpaired) electrons. The van der Waals surface area contributed by atoms with Crippen molar-refractivity contribution in [2.45, 2.75) is 6.54 Å². The van der Waals surface area contributed by atoms with E-state index in [4.69, 9.17) is 5.11 Å². The lowest BCUT2D eigenvalue weighted by atomic mass is 10.2. The Morgan fingerprint density at radius 1 is 1.00 bits per heavy atom. The summed E-state index contributed by atoms with van der Waals surface area (Å²) >= 11 is 0. The number of rotatable bonds is 3. The zero-order valence-electron chi connectivity index (χ0n) is 10.3. The van der Waals surface area contributed by atoms with Gasteiger partial charge in [0.15, 0.2) is 0 Å². The summed E-state index contributed by atoms with van der Waals surface area (Å²) < 4.78 is 2.13. The van der Waals surface area contributed by atoms with Gasteiger partial charge in [0, 0.05) is 34.4 Å². The predicted octanol–water partition coefficient (Wildman–Crippen LogP) is 3.44. The molecule has 3 heteroatoms. The van der Waals surface area contributed by atoms with E-state index < -0.39 is 5.97 Å². The molecule has 2 aromatic carbocycles. The minimum absolute atomic E-state index is 0.556. The number of aliphatic carboxylic acids is 1. The maximum absolute atomic E-state index is 10.6. The first kappa shape index (κ1) is 11.5. The fourth-order valence-corrected chi connectivity index (χ4v) is 2.46. The van der Waals surface area contributed by atoms with E-state index in [0.717, 1.165) is 11.0 Å². The van der Waals surface area contributed by atoms with Crippen molar-refractivity contribution in [3.05, 3.63) is 60.7 Å². The molecule has 0 aliphatic carbocycles. The zero-order valence-corrected chi connectivity index (χ0v) is 10.3. The van der Waals surface area contributed by atoms with Crippen molar-refractivity contribution in [1.29, 1.82) is 0 Å². The monoisotopic (exact) mass is 251 g/mol. The Balaban J connectivity index is 2.22.